The molecule has 1 aromatic rings. The zero-order valence-corrected chi connectivity index (χ0v) is 6.13. The number of hydrogen-bond acceptors (Lipinski definition) is 3. The van der Waals surface area contributed by atoms with Crippen molar-refractivity contribution in [3.63, 3.8) is 0 Å². The smallest absolute Gasteiger partial charge is 0.354 e. The Hall–Kier alpha value is -1.56. The Labute approximate surface area is 66.8 Å². The molecule has 0 unspecified atom stereocenters. The van der Waals surface area contributed by atoms with Gasteiger partial charge in [0.1, 0.15) is 5.69 Å². The van der Waals surface area contributed by atoms with Crippen LogP contribution in [0.15, 0.2) is 4.79 Å². The van der Waals surface area contributed by atoms with E-state index in [-0.39, 0.29) is 24.3 Å². The second kappa shape index (κ2) is 3.22. The van der Waals surface area contributed by atoms with E-state index in [9.17, 15) is 9.59 Å². The SMILES string of the molecule is O=C(O)c1[nH][nH]c(=O)c1CCO. The second-order valence-electron chi connectivity index (χ2n) is 2.21. The Bertz CT molecular complexity index is 338. The van der Waals surface area contributed by atoms with Crippen molar-refractivity contribution in [1.29, 1.82) is 0 Å². The van der Waals surface area contributed by atoms with E-state index in [4.69, 9.17) is 10.2 Å². The molecular weight excluding hydrogens is 164 g/mol. The standard InChI is InChI=1S/C6H8N2O4/c9-2-1-3-4(6(11)12)7-8-5(3)10/h9H,1-2H2,(H,11,12)(H2,7,8,10). The van der Waals surface area contributed by atoms with Crippen LogP contribution in [0.4, 0.5) is 0 Å². The van der Waals surface area contributed by atoms with Gasteiger partial charge in [0, 0.05) is 13.0 Å². The van der Waals surface area contributed by atoms with Gasteiger partial charge in [-0.15, -0.1) is 0 Å². The number of aromatic carboxylic acids is 1. The summed E-state index contributed by atoms with van der Waals surface area (Å²) < 4.78 is 0. The van der Waals surface area contributed by atoms with E-state index >= 15 is 0 Å². The van der Waals surface area contributed by atoms with Crippen LogP contribution in [0.5, 0.6) is 0 Å². The van der Waals surface area contributed by atoms with E-state index in [0.717, 1.165) is 0 Å². The first-order chi connectivity index (χ1) is 5.66. The molecule has 1 aromatic heterocycles. The molecule has 0 bridgehead atoms. The molecular formula is C6H8N2O4. The molecule has 0 aliphatic rings. The van der Waals surface area contributed by atoms with Gasteiger partial charge in [0.05, 0.1) is 5.56 Å². The van der Waals surface area contributed by atoms with Crippen LogP contribution in [0.25, 0.3) is 0 Å². The first-order valence-electron chi connectivity index (χ1n) is 3.30. The van der Waals surface area contributed by atoms with Crippen molar-refractivity contribution in [2.24, 2.45) is 0 Å². The van der Waals surface area contributed by atoms with Crippen LogP contribution in [0.1, 0.15) is 16.1 Å². The molecule has 1 heterocycles. The van der Waals surface area contributed by atoms with E-state index in [1.54, 1.807) is 0 Å². The summed E-state index contributed by atoms with van der Waals surface area (Å²) in [5.41, 5.74) is -0.611. The van der Waals surface area contributed by atoms with Crippen LogP contribution >= 0.6 is 0 Å². The molecule has 12 heavy (non-hydrogen) atoms. The summed E-state index contributed by atoms with van der Waals surface area (Å²) in [6, 6.07) is 0. The molecule has 0 atom stereocenters. The van der Waals surface area contributed by atoms with Crippen molar-refractivity contribution < 1.29 is 15.0 Å². The lowest BCUT2D eigenvalue weighted by molar-refractivity contribution is 0.0689. The van der Waals surface area contributed by atoms with Gasteiger partial charge in [-0.1, -0.05) is 0 Å². The maximum absolute atomic E-state index is 10.9. The van der Waals surface area contributed by atoms with Gasteiger partial charge < -0.3 is 10.2 Å². The van der Waals surface area contributed by atoms with Crippen molar-refractivity contribution in [1.82, 2.24) is 10.2 Å². The summed E-state index contributed by atoms with van der Waals surface area (Å²) in [7, 11) is 0. The average Bonchev–Trinajstić information content (AvgIpc) is 2.34. The number of carboxylic acids is 1. The maximum atomic E-state index is 10.9. The highest BCUT2D eigenvalue weighted by Crippen LogP contribution is 1.99. The molecule has 0 amide bonds. The lowest BCUT2D eigenvalue weighted by atomic mass is 10.2. The molecule has 0 saturated carbocycles. The highest BCUT2D eigenvalue weighted by molar-refractivity contribution is 5.86. The number of rotatable bonds is 3. The van der Waals surface area contributed by atoms with Gasteiger partial charge in [-0.2, -0.15) is 0 Å². The maximum Gasteiger partial charge on any atom is 0.354 e. The average molecular weight is 172 g/mol. The van der Waals surface area contributed by atoms with Crippen molar-refractivity contribution in [2.75, 3.05) is 6.61 Å². The topological polar surface area (TPSA) is 106 Å². The summed E-state index contributed by atoms with van der Waals surface area (Å²) >= 11 is 0. The minimum atomic E-state index is -1.21. The lowest BCUT2D eigenvalue weighted by Crippen LogP contribution is -2.11. The summed E-state index contributed by atoms with van der Waals surface area (Å²) in [5, 5.41) is 21.4. The van der Waals surface area contributed by atoms with Gasteiger partial charge in [0.15, 0.2) is 0 Å². The van der Waals surface area contributed by atoms with E-state index in [1.807, 2.05) is 0 Å². The third-order valence-electron chi connectivity index (χ3n) is 1.45. The zero-order chi connectivity index (χ0) is 9.14. The van der Waals surface area contributed by atoms with Gasteiger partial charge in [-0.05, 0) is 0 Å². The number of carboxylic acid groups (broad SMARTS) is 1. The zero-order valence-electron chi connectivity index (χ0n) is 6.13. The molecule has 1 rings (SSSR count). The van der Waals surface area contributed by atoms with Crippen molar-refractivity contribution in [3.8, 4) is 0 Å². The normalized spacial score (nSPS) is 10.1. The van der Waals surface area contributed by atoms with E-state index in [0.29, 0.717) is 0 Å². The molecule has 6 heteroatoms. The van der Waals surface area contributed by atoms with Crippen LogP contribution in [0.2, 0.25) is 0 Å². The number of aliphatic hydroxyl groups is 1. The Morgan fingerprint density at radius 1 is 1.42 bits per heavy atom. The fraction of sp³-hybridized carbons (Fsp3) is 0.333. The molecule has 0 radical (unpaired) electrons. The van der Waals surface area contributed by atoms with Crippen LogP contribution in [0.3, 0.4) is 0 Å². The summed E-state index contributed by atoms with van der Waals surface area (Å²) in [6.45, 7) is -0.249. The van der Waals surface area contributed by atoms with Crippen LogP contribution in [-0.2, 0) is 6.42 Å². The minimum absolute atomic E-state index is 0.0421. The number of aromatic amines is 2. The summed E-state index contributed by atoms with van der Waals surface area (Å²) in [5.74, 6) is -1.21. The van der Waals surface area contributed by atoms with Crippen molar-refractivity contribution in [3.05, 3.63) is 21.6 Å². The van der Waals surface area contributed by atoms with E-state index in [1.165, 1.54) is 0 Å². The predicted molar refractivity (Wildman–Crippen MR) is 39.2 cm³/mol. The molecule has 0 aliphatic heterocycles. The molecule has 0 aromatic carbocycles. The number of aromatic nitrogens is 2. The van der Waals surface area contributed by atoms with Crippen LogP contribution < -0.4 is 5.56 Å². The number of carbonyl (C=O) groups is 1. The Morgan fingerprint density at radius 3 is 2.58 bits per heavy atom. The lowest BCUT2D eigenvalue weighted by Gasteiger charge is -1.92. The van der Waals surface area contributed by atoms with Gasteiger partial charge in [-0.3, -0.25) is 15.0 Å². The highest BCUT2D eigenvalue weighted by Gasteiger charge is 2.14. The number of hydrogen-bond donors (Lipinski definition) is 4. The number of aliphatic hydroxyl groups excluding tert-OH is 1. The second-order valence-corrected chi connectivity index (χ2v) is 2.21. The minimum Gasteiger partial charge on any atom is -0.477 e. The third-order valence-corrected chi connectivity index (χ3v) is 1.45. The van der Waals surface area contributed by atoms with Crippen molar-refractivity contribution >= 4 is 5.97 Å². The number of nitrogens with one attached hydrogen (secondary N) is 2. The van der Waals surface area contributed by atoms with Crippen LogP contribution in [-0.4, -0.2) is 33.0 Å². The molecule has 0 fully saturated rings. The third kappa shape index (κ3) is 1.37. The quantitative estimate of drug-likeness (QED) is 0.466. The molecule has 0 aliphatic carbocycles. The van der Waals surface area contributed by atoms with Crippen molar-refractivity contribution in [2.45, 2.75) is 6.42 Å². The first-order valence-corrected chi connectivity index (χ1v) is 3.30. The number of H-pyrrole nitrogens is 2. The highest BCUT2D eigenvalue weighted by atomic mass is 16.4. The van der Waals surface area contributed by atoms with Crippen LogP contribution in [0, 0.1) is 0 Å². The molecule has 0 spiro atoms. The molecule has 66 valence electrons. The van der Waals surface area contributed by atoms with Gasteiger partial charge >= 0.3 is 5.97 Å². The fourth-order valence-electron chi connectivity index (χ4n) is 0.917. The predicted octanol–water partition coefficient (Wildman–Crippen LogP) is -1.06. The van der Waals surface area contributed by atoms with Gasteiger partial charge in [-0.25, -0.2) is 4.79 Å². The largest absolute Gasteiger partial charge is 0.477 e. The van der Waals surface area contributed by atoms with Gasteiger partial charge in [0.2, 0.25) is 0 Å². The Kier molecular flexibility index (Phi) is 2.29. The summed E-state index contributed by atoms with van der Waals surface area (Å²) in [6.07, 6.45) is 0.0421. The van der Waals surface area contributed by atoms with E-state index in [2.05, 4.69) is 10.2 Å². The summed E-state index contributed by atoms with van der Waals surface area (Å²) in [4.78, 5) is 21.3. The molecule has 4 N–H and O–H groups in total. The fourth-order valence-corrected chi connectivity index (χ4v) is 0.917. The monoisotopic (exact) mass is 172 g/mol. The Balaban J connectivity index is 3.12. The molecule has 6 nitrogen and oxygen atoms in total. The van der Waals surface area contributed by atoms with E-state index < -0.39 is 11.5 Å². The van der Waals surface area contributed by atoms with Gasteiger partial charge in [0.25, 0.3) is 5.56 Å². The molecule has 0 saturated heterocycles. The Morgan fingerprint density at radius 2 is 2.08 bits per heavy atom. The first kappa shape index (κ1) is 8.54.